The van der Waals surface area contributed by atoms with Crippen LogP contribution in [0.5, 0.6) is 0 Å². The van der Waals surface area contributed by atoms with Gasteiger partial charge in [0.1, 0.15) is 0 Å². The molecule has 1 aliphatic rings. The maximum absolute atomic E-state index is 5.56. The molecule has 0 aromatic carbocycles. The Bertz CT molecular complexity index is 145. The van der Waals surface area contributed by atoms with E-state index in [1.54, 1.807) is 0 Å². The van der Waals surface area contributed by atoms with Gasteiger partial charge in [0, 0.05) is 13.2 Å². The topological polar surface area (TPSA) is 30.5 Å². The van der Waals surface area contributed by atoms with Crippen molar-refractivity contribution in [3.8, 4) is 0 Å². The Morgan fingerprint density at radius 3 is 2.93 bits per heavy atom. The molecule has 1 atom stereocenters. The first-order valence-electron chi connectivity index (χ1n) is 6.23. The highest BCUT2D eigenvalue weighted by molar-refractivity contribution is 4.65. The molecule has 3 heteroatoms. The van der Waals surface area contributed by atoms with Crippen LogP contribution in [0.4, 0.5) is 0 Å². The number of rotatable bonds is 8. The standard InChI is InChI=1S/C12H25NO2/c1-11(2)14-10-8-13-7-3-5-12-6-4-9-15-12/h11-13H,3-10H2,1-2H3. The summed E-state index contributed by atoms with van der Waals surface area (Å²) < 4.78 is 11.0. The molecule has 0 aromatic rings. The average Bonchev–Trinajstić information content (AvgIpc) is 2.68. The molecule has 15 heavy (non-hydrogen) atoms. The predicted octanol–water partition coefficient (Wildman–Crippen LogP) is 1.96. The molecule has 90 valence electrons. The quantitative estimate of drug-likeness (QED) is 0.628. The lowest BCUT2D eigenvalue weighted by atomic mass is 10.1. The molecule has 0 radical (unpaired) electrons. The minimum Gasteiger partial charge on any atom is -0.378 e. The lowest BCUT2D eigenvalue weighted by Crippen LogP contribution is -2.23. The van der Waals surface area contributed by atoms with Crippen LogP contribution < -0.4 is 5.32 Å². The van der Waals surface area contributed by atoms with Gasteiger partial charge in [0.15, 0.2) is 0 Å². The third kappa shape index (κ3) is 6.88. The van der Waals surface area contributed by atoms with E-state index in [0.29, 0.717) is 12.2 Å². The van der Waals surface area contributed by atoms with Crippen molar-refractivity contribution in [3.05, 3.63) is 0 Å². The van der Waals surface area contributed by atoms with Gasteiger partial charge in [0.05, 0.1) is 18.8 Å². The minimum atomic E-state index is 0.346. The van der Waals surface area contributed by atoms with Gasteiger partial charge in [-0.15, -0.1) is 0 Å². The van der Waals surface area contributed by atoms with Crippen LogP contribution in [0.1, 0.15) is 39.5 Å². The van der Waals surface area contributed by atoms with Crippen molar-refractivity contribution in [3.63, 3.8) is 0 Å². The Morgan fingerprint density at radius 1 is 1.40 bits per heavy atom. The molecule has 0 saturated carbocycles. The molecule has 1 fully saturated rings. The fourth-order valence-corrected chi connectivity index (χ4v) is 1.82. The van der Waals surface area contributed by atoms with Gasteiger partial charge in [-0.05, 0) is 46.1 Å². The Balaban J connectivity index is 1.76. The second-order valence-electron chi connectivity index (χ2n) is 4.45. The Hall–Kier alpha value is -0.120. The lowest BCUT2D eigenvalue weighted by Gasteiger charge is -2.10. The summed E-state index contributed by atoms with van der Waals surface area (Å²) in [6, 6.07) is 0. The average molecular weight is 215 g/mol. The lowest BCUT2D eigenvalue weighted by molar-refractivity contribution is 0.0801. The molecule has 3 nitrogen and oxygen atoms in total. The molecule has 1 rings (SSSR count). The van der Waals surface area contributed by atoms with Crippen LogP contribution in [0.2, 0.25) is 0 Å². The number of ether oxygens (including phenoxy) is 2. The first kappa shape index (κ1) is 12.9. The molecule has 0 aromatic heterocycles. The highest BCUT2D eigenvalue weighted by Crippen LogP contribution is 2.16. The van der Waals surface area contributed by atoms with E-state index in [1.807, 2.05) is 0 Å². The number of nitrogens with one attached hydrogen (secondary N) is 1. The highest BCUT2D eigenvalue weighted by atomic mass is 16.5. The SMILES string of the molecule is CC(C)OCCNCCCC1CCCO1. The normalized spacial score (nSPS) is 21.4. The summed E-state index contributed by atoms with van der Waals surface area (Å²) >= 11 is 0. The largest absolute Gasteiger partial charge is 0.378 e. The van der Waals surface area contributed by atoms with E-state index in [2.05, 4.69) is 19.2 Å². The minimum absolute atomic E-state index is 0.346. The summed E-state index contributed by atoms with van der Waals surface area (Å²) in [6.07, 6.45) is 5.82. The van der Waals surface area contributed by atoms with Gasteiger partial charge in [-0.25, -0.2) is 0 Å². The van der Waals surface area contributed by atoms with Crippen LogP contribution in [-0.4, -0.2) is 38.5 Å². The number of hydrogen-bond donors (Lipinski definition) is 1. The van der Waals surface area contributed by atoms with Gasteiger partial charge in [0.2, 0.25) is 0 Å². The molecular formula is C12H25NO2. The van der Waals surface area contributed by atoms with Crippen LogP contribution in [0, 0.1) is 0 Å². The zero-order valence-electron chi connectivity index (χ0n) is 10.1. The number of hydrogen-bond acceptors (Lipinski definition) is 3. The van der Waals surface area contributed by atoms with Crippen molar-refractivity contribution in [1.29, 1.82) is 0 Å². The summed E-state index contributed by atoms with van der Waals surface area (Å²) in [5, 5.41) is 3.38. The highest BCUT2D eigenvalue weighted by Gasteiger charge is 2.14. The van der Waals surface area contributed by atoms with Crippen LogP contribution in [0.15, 0.2) is 0 Å². The van der Waals surface area contributed by atoms with Gasteiger partial charge >= 0.3 is 0 Å². The van der Waals surface area contributed by atoms with Gasteiger partial charge in [-0.2, -0.15) is 0 Å². The Morgan fingerprint density at radius 2 is 2.27 bits per heavy atom. The van der Waals surface area contributed by atoms with E-state index in [-0.39, 0.29) is 0 Å². The fourth-order valence-electron chi connectivity index (χ4n) is 1.82. The monoisotopic (exact) mass is 215 g/mol. The molecule has 1 aliphatic heterocycles. The predicted molar refractivity (Wildman–Crippen MR) is 62.2 cm³/mol. The van der Waals surface area contributed by atoms with Crippen molar-refractivity contribution < 1.29 is 9.47 Å². The van der Waals surface area contributed by atoms with Crippen molar-refractivity contribution in [2.24, 2.45) is 0 Å². The molecule has 1 saturated heterocycles. The van der Waals surface area contributed by atoms with E-state index in [9.17, 15) is 0 Å². The van der Waals surface area contributed by atoms with Crippen molar-refractivity contribution in [2.45, 2.75) is 51.7 Å². The molecule has 0 aliphatic carbocycles. The molecular weight excluding hydrogens is 190 g/mol. The maximum Gasteiger partial charge on any atom is 0.0594 e. The van der Waals surface area contributed by atoms with Crippen LogP contribution >= 0.6 is 0 Å². The van der Waals surface area contributed by atoms with Crippen LogP contribution in [-0.2, 0) is 9.47 Å². The smallest absolute Gasteiger partial charge is 0.0594 e. The molecule has 1 unspecified atom stereocenters. The Labute approximate surface area is 93.5 Å². The second-order valence-corrected chi connectivity index (χ2v) is 4.45. The molecule has 0 bridgehead atoms. The van der Waals surface area contributed by atoms with Crippen molar-refractivity contribution in [2.75, 3.05) is 26.3 Å². The molecule has 1 heterocycles. The van der Waals surface area contributed by atoms with Gasteiger partial charge in [-0.1, -0.05) is 0 Å². The first-order chi connectivity index (χ1) is 7.29. The second kappa shape index (κ2) is 8.08. The summed E-state index contributed by atoms with van der Waals surface area (Å²) in [5.74, 6) is 0. The molecule has 0 spiro atoms. The zero-order chi connectivity index (χ0) is 10.9. The summed E-state index contributed by atoms with van der Waals surface area (Å²) in [6.45, 7) is 7.97. The van der Waals surface area contributed by atoms with Crippen LogP contribution in [0.25, 0.3) is 0 Å². The third-order valence-corrected chi connectivity index (χ3v) is 2.63. The fraction of sp³-hybridized carbons (Fsp3) is 1.00. The third-order valence-electron chi connectivity index (χ3n) is 2.63. The van der Waals surface area contributed by atoms with E-state index in [0.717, 1.165) is 26.3 Å². The van der Waals surface area contributed by atoms with Gasteiger partial charge < -0.3 is 14.8 Å². The van der Waals surface area contributed by atoms with Gasteiger partial charge in [-0.3, -0.25) is 0 Å². The molecule has 0 amide bonds. The van der Waals surface area contributed by atoms with Crippen LogP contribution in [0.3, 0.4) is 0 Å². The van der Waals surface area contributed by atoms with E-state index in [4.69, 9.17) is 9.47 Å². The van der Waals surface area contributed by atoms with Gasteiger partial charge in [0.25, 0.3) is 0 Å². The van der Waals surface area contributed by atoms with E-state index in [1.165, 1.54) is 25.7 Å². The summed E-state index contributed by atoms with van der Waals surface area (Å²) in [5.41, 5.74) is 0. The molecule has 1 N–H and O–H groups in total. The summed E-state index contributed by atoms with van der Waals surface area (Å²) in [7, 11) is 0. The maximum atomic E-state index is 5.56. The zero-order valence-corrected chi connectivity index (χ0v) is 10.1. The first-order valence-corrected chi connectivity index (χ1v) is 6.23. The summed E-state index contributed by atoms with van der Waals surface area (Å²) in [4.78, 5) is 0. The van der Waals surface area contributed by atoms with Crippen molar-refractivity contribution >= 4 is 0 Å². The Kier molecular flexibility index (Phi) is 6.98. The van der Waals surface area contributed by atoms with Crippen molar-refractivity contribution in [1.82, 2.24) is 5.32 Å². The van der Waals surface area contributed by atoms with E-state index < -0.39 is 0 Å². The van der Waals surface area contributed by atoms with E-state index >= 15 is 0 Å².